The average Bonchev–Trinajstić information content (AvgIpc) is 2.65. The largest absolute Gasteiger partial charge is 0.546 e. The van der Waals surface area contributed by atoms with E-state index in [-0.39, 0.29) is 33.5 Å². The lowest BCUT2D eigenvalue weighted by Gasteiger charge is -2.46. The molecule has 0 fully saturated rings. The normalized spacial score (nSPS) is 22.9. The highest BCUT2D eigenvalue weighted by atomic mass is 28.4. The van der Waals surface area contributed by atoms with Crippen molar-refractivity contribution < 1.29 is 18.4 Å². The minimum atomic E-state index is -2.09. The summed E-state index contributed by atoms with van der Waals surface area (Å²) in [6.45, 7) is 29.3. The van der Waals surface area contributed by atoms with Gasteiger partial charge in [-0.1, -0.05) is 67.5 Å². The number of rotatable bonds is 6. The van der Waals surface area contributed by atoms with Crippen LogP contribution >= 0.6 is 0 Å². The Morgan fingerprint density at radius 1 is 0.968 bits per heavy atom. The van der Waals surface area contributed by atoms with Crippen LogP contribution in [0.4, 0.5) is 0 Å². The maximum atomic E-state index is 12.2. The highest BCUT2D eigenvalue weighted by molar-refractivity contribution is 6.74. The van der Waals surface area contributed by atoms with Crippen molar-refractivity contribution in [2.24, 2.45) is 11.3 Å². The van der Waals surface area contributed by atoms with E-state index in [1.807, 2.05) is 0 Å². The van der Waals surface area contributed by atoms with Gasteiger partial charge in [-0.15, -0.1) is 0 Å². The third kappa shape index (κ3) is 6.35. The molecule has 0 amide bonds. The van der Waals surface area contributed by atoms with E-state index in [4.69, 9.17) is 13.6 Å². The van der Waals surface area contributed by atoms with Gasteiger partial charge >= 0.3 is 5.97 Å². The molecule has 1 aliphatic rings. The minimum Gasteiger partial charge on any atom is -0.546 e. The second-order valence-corrected chi connectivity index (χ2v) is 22.1. The Hall–Kier alpha value is -0.856. The first-order chi connectivity index (χ1) is 13.7. The standard InChI is InChI=1S/C25H48O4Si2/c1-18-19(17-21(26)27-10)15-16-20(28-30(11,12)23(2,3)4)25(8,9)22(18)29-31(13,14)24(5,6)7/h15-16,19-20H,17H2,1-14H3/t19-,20-/m1/s1. The van der Waals surface area contributed by atoms with Crippen LogP contribution in [-0.4, -0.2) is 35.8 Å². The Bertz CT molecular complexity index is 719. The first kappa shape index (κ1) is 28.2. The van der Waals surface area contributed by atoms with Crippen molar-refractivity contribution in [2.45, 2.75) is 111 Å². The molecule has 0 aromatic rings. The third-order valence-electron chi connectivity index (χ3n) is 7.73. The van der Waals surface area contributed by atoms with E-state index < -0.39 is 16.6 Å². The molecule has 0 aliphatic heterocycles. The summed E-state index contributed by atoms with van der Waals surface area (Å²) in [5.41, 5.74) is 0.758. The van der Waals surface area contributed by atoms with E-state index >= 15 is 0 Å². The number of methoxy groups -OCH3 is 1. The summed E-state index contributed by atoms with van der Waals surface area (Å²) in [6, 6.07) is 0. The van der Waals surface area contributed by atoms with Gasteiger partial charge in [-0.05, 0) is 48.8 Å². The Labute approximate surface area is 194 Å². The van der Waals surface area contributed by atoms with E-state index in [9.17, 15) is 4.79 Å². The molecule has 0 aromatic heterocycles. The molecule has 1 rings (SSSR count). The zero-order chi connectivity index (χ0) is 24.6. The summed E-state index contributed by atoms with van der Waals surface area (Å²) in [7, 11) is -2.67. The number of carbonyl (C=O) groups is 1. The molecular weight excluding hydrogens is 420 g/mol. The molecule has 4 nitrogen and oxygen atoms in total. The van der Waals surface area contributed by atoms with Gasteiger partial charge in [0, 0.05) is 11.3 Å². The first-order valence-electron chi connectivity index (χ1n) is 11.5. The molecule has 0 saturated heterocycles. The lowest BCUT2D eigenvalue weighted by molar-refractivity contribution is -0.141. The summed E-state index contributed by atoms with van der Waals surface area (Å²) < 4.78 is 18.9. The molecule has 0 aromatic carbocycles. The smallest absolute Gasteiger partial charge is 0.306 e. The van der Waals surface area contributed by atoms with Gasteiger partial charge in [0.1, 0.15) is 0 Å². The van der Waals surface area contributed by atoms with Crippen molar-refractivity contribution >= 4 is 22.6 Å². The molecule has 6 heteroatoms. The van der Waals surface area contributed by atoms with Crippen LogP contribution in [0.15, 0.2) is 23.5 Å². The van der Waals surface area contributed by atoms with Gasteiger partial charge in [-0.2, -0.15) is 0 Å². The predicted octanol–water partition coefficient (Wildman–Crippen LogP) is 7.45. The molecule has 0 heterocycles. The van der Waals surface area contributed by atoms with Gasteiger partial charge in [0.05, 0.1) is 25.4 Å². The highest BCUT2D eigenvalue weighted by Crippen LogP contribution is 2.48. The van der Waals surface area contributed by atoms with Crippen LogP contribution in [0.3, 0.4) is 0 Å². The van der Waals surface area contributed by atoms with Gasteiger partial charge in [0.2, 0.25) is 8.32 Å². The van der Waals surface area contributed by atoms with E-state index in [0.717, 1.165) is 11.3 Å². The summed E-state index contributed by atoms with van der Waals surface area (Å²) in [5.74, 6) is 0.725. The van der Waals surface area contributed by atoms with Gasteiger partial charge in [0.25, 0.3) is 0 Å². The van der Waals surface area contributed by atoms with Crippen molar-refractivity contribution in [3.05, 3.63) is 23.5 Å². The van der Waals surface area contributed by atoms with Crippen molar-refractivity contribution in [3.8, 4) is 0 Å². The number of hydrogen-bond acceptors (Lipinski definition) is 4. The van der Waals surface area contributed by atoms with Crippen LogP contribution < -0.4 is 0 Å². The Morgan fingerprint density at radius 2 is 1.45 bits per heavy atom. The molecule has 2 atom stereocenters. The monoisotopic (exact) mass is 468 g/mol. The number of hydrogen-bond donors (Lipinski definition) is 0. The van der Waals surface area contributed by atoms with Gasteiger partial charge in [0.15, 0.2) is 8.32 Å². The van der Waals surface area contributed by atoms with Crippen LogP contribution in [-0.2, 0) is 18.4 Å². The fourth-order valence-corrected chi connectivity index (χ4v) is 5.81. The molecule has 0 N–H and O–H groups in total. The number of ether oxygens (including phenoxy) is 1. The molecule has 0 radical (unpaired) electrons. The van der Waals surface area contributed by atoms with Crippen LogP contribution in [0.25, 0.3) is 0 Å². The Balaban J connectivity index is 3.58. The fourth-order valence-electron chi connectivity index (χ4n) is 3.21. The minimum absolute atomic E-state index is 0.0560. The first-order valence-corrected chi connectivity index (χ1v) is 17.3. The lowest BCUT2D eigenvalue weighted by atomic mass is 9.82. The topological polar surface area (TPSA) is 44.8 Å². The van der Waals surface area contributed by atoms with Gasteiger partial charge < -0.3 is 13.6 Å². The number of esters is 1. The fraction of sp³-hybridized carbons (Fsp3) is 0.800. The summed E-state index contributed by atoms with van der Waals surface area (Å²) >= 11 is 0. The van der Waals surface area contributed by atoms with E-state index in [1.54, 1.807) is 0 Å². The maximum absolute atomic E-state index is 12.2. The highest BCUT2D eigenvalue weighted by Gasteiger charge is 2.48. The molecule has 180 valence electrons. The maximum Gasteiger partial charge on any atom is 0.306 e. The van der Waals surface area contributed by atoms with E-state index in [0.29, 0.717) is 6.42 Å². The summed E-state index contributed by atoms with van der Waals surface area (Å²) in [6.07, 6.45) is 4.49. The van der Waals surface area contributed by atoms with E-state index in [1.165, 1.54) is 7.11 Å². The van der Waals surface area contributed by atoms with Gasteiger partial charge in [-0.25, -0.2) is 0 Å². The lowest BCUT2D eigenvalue weighted by Crippen LogP contribution is -2.49. The van der Waals surface area contributed by atoms with Crippen molar-refractivity contribution in [2.75, 3.05) is 7.11 Å². The average molecular weight is 469 g/mol. The second kappa shape index (κ2) is 9.18. The van der Waals surface area contributed by atoms with Crippen molar-refractivity contribution in [1.82, 2.24) is 0 Å². The molecule has 0 saturated carbocycles. The second-order valence-electron chi connectivity index (χ2n) is 12.7. The van der Waals surface area contributed by atoms with Crippen molar-refractivity contribution in [3.63, 3.8) is 0 Å². The zero-order valence-electron chi connectivity index (χ0n) is 22.6. The predicted molar refractivity (Wildman–Crippen MR) is 136 cm³/mol. The van der Waals surface area contributed by atoms with Crippen molar-refractivity contribution in [1.29, 1.82) is 0 Å². The third-order valence-corrected chi connectivity index (χ3v) is 16.5. The molecular formula is C25H48O4Si2. The molecule has 0 unspecified atom stereocenters. The van der Waals surface area contributed by atoms with Crippen LogP contribution in [0.2, 0.25) is 36.3 Å². The van der Waals surface area contributed by atoms with E-state index in [2.05, 4.69) is 101 Å². The Morgan fingerprint density at radius 3 is 1.87 bits per heavy atom. The molecule has 0 bridgehead atoms. The van der Waals surface area contributed by atoms with Crippen LogP contribution in [0.1, 0.15) is 68.7 Å². The summed E-state index contributed by atoms with van der Waals surface area (Å²) in [4.78, 5) is 12.2. The SMILES string of the molecule is COC(=O)C[C@H]1C=C[C@@H](O[Si](C)(C)C(C)(C)C)C(C)(C)C(O[Si](C)(C)C(C)(C)C)=C1C. The van der Waals surface area contributed by atoms with Gasteiger partial charge in [-0.3, -0.25) is 4.79 Å². The molecule has 31 heavy (non-hydrogen) atoms. The number of carbonyl (C=O) groups excluding carboxylic acids is 1. The quantitative estimate of drug-likeness (QED) is 0.231. The zero-order valence-corrected chi connectivity index (χ0v) is 24.6. The molecule has 1 aliphatic carbocycles. The van der Waals surface area contributed by atoms with Crippen LogP contribution in [0.5, 0.6) is 0 Å². The number of allylic oxidation sites excluding steroid dienone is 2. The summed E-state index contributed by atoms with van der Waals surface area (Å²) in [5, 5.41) is 0.178. The van der Waals surface area contributed by atoms with Crippen LogP contribution in [0, 0.1) is 11.3 Å². The Kier molecular flexibility index (Phi) is 8.34. The molecule has 0 spiro atoms.